The van der Waals surface area contributed by atoms with Crippen LogP contribution in [0.1, 0.15) is 25.7 Å². The van der Waals surface area contributed by atoms with Gasteiger partial charge >= 0.3 is 5.97 Å². The standard InChI is InChI=1S/C18H22N4O5S/c1-25-15(23)5-3-2-4-6-19-18(28)22-21-16-11-9-13-14(27-8-7-26-13)10-12(11)20-17(16)24/h9-10,20,24H,2-8H2,1H3,(H,19,28). The SMILES string of the molecule is COC(=O)CCCCCNC(=S)N=Nc1c(O)[nH]c2cc3c(cc12)OCCO3. The van der Waals surface area contributed by atoms with Crippen molar-refractivity contribution in [2.45, 2.75) is 25.7 Å². The van der Waals surface area contributed by atoms with E-state index in [4.69, 9.17) is 21.7 Å². The van der Waals surface area contributed by atoms with Crippen LogP contribution in [0, 0.1) is 0 Å². The zero-order valence-corrected chi connectivity index (χ0v) is 16.3. The lowest BCUT2D eigenvalue weighted by molar-refractivity contribution is -0.140. The average molecular weight is 406 g/mol. The Morgan fingerprint density at radius 3 is 2.79 bits per heavy atom. The fraction of sp³-hybridized carbons (Fsp3) is 0.444. The van der Waals surface area contributed by atoms with Gasteiger partial charge in [-0.05, 0) is 31.1 Å². The first-order chi connectivity index (χ1) is 13.6. The Morgan fingerprint density at radius 2 is 2.04 bits per heavy atom. The van der Waals surface area contributed by atoms with Crippen molar-refractivity contribution in [3.05, 3.63) is 12.1 Å². The molecule has 10 heteroatoms. The number of carbonyl (C=O) groups excluding carboxylic acids is 1. The van der Waals surface area contributed by atoms with Gasteiger partial charge in [-0.1, -0.05) is 6.42 Å². The fourth-order valence-electron chi connectivity index (χ4n) is 2.80. The number of ether oxygens (including phenoxy) is 3. The number of rotatable bonds is 7. The lowest BCUT2D eigenvalue weighted by Crippen LogP contribution is -2.20. The highest BCUT2D eigenvalue weighted by molar-refractivity contribution is 7.80. The largest absolute Gasteiger partial charge is 0.493 e. The summed E-state index contributed by atoms with van der Waals surface area (Å²) in [6.07, 6.45) is 2.90. The summed E-state index contributed by atoms with van der Waals surface area (Å²) in [4.78, 5) is 13.9. The first kappa shape index (κ1) is 19.9. The molecule has 9 nitrogen and oxygen atoms in total. The zero-order valence-electron chi connectivity index (χ0n) is 15.5. The van der Waals surface area contributed by atoms with Crippen molar-refractivity contribution in [2.24, 2.45) is 10.2 Å². The molecule has 2 heterocycles. The molecule has 150 valence electrons. The second kappa shape index (κ2) is 9.36. The van der Waals surface area contributed by atoms with E-state index >= 15 is 0 Å². The molecule has 1 aromatic carbocycles. The summed E-state index contributed by atoms with van der Waals surface area (Å²) in [5, 5.41) is 22.0. The summed E-state index contributed by atoms with van der Waals surface area (Å²) < 4.78 is 15.7. The van der Waals surface area contributed by atoms with Crippen LogP contribution in [-0.4, -0.2) is 48.0 Å². The summed E-state index contributed by atoms with van der Waals surface area (Å²) >= 11 is 5.15. The smallest absolute Gasteiger partial charge is 0.305 e. The third kappa shape index (κ3) is 4.89. The van der Waals surface area contributed by atoms with Gasteiger partial charge in [0.2, 0.25) is 11.0 Å². The average Bonchev–Trinajstić information content (AvgIpc) is 3.00. The number of aromatic amines is 1. The van der Waals surface area contributed by atoms with Crippen molar-refractivity contribution in [2.75, 3.05) is 26.9 Å². The van der Waals surface area contributed by atoms with Crippen LogP contribution in [0.2, 0.25) is 0 Å². The Hall–Kier alpha value is -2.88. The molecule has 0 radical (unpaired) electrons. The molecule has 0 unspecified atom stereocenters. The minimum Gasteiger partial charge on any atom is -0.493 e. The number of aromatic hydroxyl groups is 1. The first-order valence-electron chi connectivity index (χ1n) is 8.99. The highest BCUT2D eigenvalue weighted by Gasteiger charge is 2.18. The summed E-state index contributed by atoms with van der Waals surface area (Å²) in [6, 6.07) is 3.51. The van der Waals surface area contributed by atoms with E-state index in [2.05, 4.69) is 25.3 Å². The molecule has 0 spiro atoms. The second-order valence-electron chi connectivity index (χ2n) is 6.18. The number of nitrogens with one attached hydrogen (secondary N) is 2. The van der Waals surface area contributed by atoms with Gasteiger partial charge in [-0.2, -0.15) is 0 Å². The molecule has 1 aliphatic rings. The number of thiocarbonyl (C=S) groups is 1. The quantitative estimate of drug-likeness (QED) is 0.279. The number of H-pyrrole nitrogens is 1. The molecule has 0 amide bonds. The normalized spacial score (nSPS) is 13.0. The van der Waals surface area contributed by atoms with Gasteiger partial charge in [0, 0.05) is 24.4 Å². The number of benzene rings is 1. The Labute approximate surface area is 167 Å². The van der Waals surface area contributed by atoms with E-state index in [0.717, 1.165) is 19.3 Å². The van der Waals surface area contributed by atoms with Crippen molar-refractivity contribution in [3.8, 4) is 17.4 Å². The summed E-state index contributed by atoms with van der Waals surface area (Å²) in [6.45, 7) is 1.58. The molecule has 0 saturated carbocycles. The molecule has 0 atom stereocenters. The number of hydrogen-bond donors (Lipinski definition) is 3. The molecule has 1 aliphatic heterocycles. The van der Waals surface area contributed by atoms with E-state index in [-0.39, 0.29) is 22.6 Å². The Kier molecular flexibility index (Phi) is 6.64. The number of carbonyl (C=O) groups is 1. The van der Waals surface area contributed by atoms with E-state index in [1.807, 2.05) is 0 Å². The van der Waals surface area contributed by atoms with Crippen LogP contribution < -0.4 is 14.8 Å². The fourth-order valence-corrected chi connectivity index (χ4v) is 2.95. The van der Waals surface area contributed by atoms with Crippen LogP contribution in [0.4, 0.5) is 5.69 Å². The minimum absolute atomic E-state index is 0.105. The summed E-state index contributed by atoms with van der Waals surface area (Å²) in [5.41, 5.74) is 0.953. The number of methoxy groups -OCH3 is 1. The molecule has 3 N–H and O–H groups in total. The van der Waals surface area contributed by atoms with Gasteiger partial charge in [-0.3, -0.25) is 4.79 Å². The number of azo groups is 1. The van der Waals surface area contributed by atoms with Crippen molar-refractivity contribution in [1.29, 1.82) is 0 Å². The third-order valence-corrected chi connectivity index (χ3v) is 4.44. The van der Waals surface area contributed by atoms with Crippen LogP contribution in [0.5, 0.6) is 17.4 Å². The van der Waals surface area contributed by atoms with Gasteiger partial charge in [-0.15, -0.1) is 10.2 Å². The third-order valence-electron chi connectivity index (χ3n) is 4.22. The van der Waals surface area contributed by atoms with Crippen LogP contribution >= 0.6 is 12.2 Å². The maximum atomic E-state index is 11.0. The molecule has 0 fully saturated rings. The first-order valence-corrected chi connectivity index (χ1v) is 9.40. The second-order valence-corrected chi connectivity index (χ2v) is 6.57. The van der Waals surface area contributed by atoms with Gasteiger partial charge in [0.25, 0.3) is 0 Å². The van der Waals surface area contributed by atoms with Crippen molar-refractivity contribution in [1.82, 2.24) is 10.3 Å². The van der Waals surface area contributed by atoms with Gasteiger partial charge < -0.3 is 29.6 Å². The molecule has 0 bridgehead atoms. The molecular weight excluding hydrogens is 384 g/mol. The molecule has 28 heavy (non-hydrogen) atoms. The highest BCUT2D eigenvalue weighted by Crippen LogP contribution is 2.42. The van der Waals surface area contributed by atoms with Crippen molar-refractivity contribution < 1.29 is 24.1 Å². The maximum Gasteiger partial charge on any atom is 0.305 e. The Balaban J connectivity index is 1.55. The zero-order chi connectivity index (χ0) is 19.9. The van der Waals surface area contributed by atoms with Crippen LogP contribution in [0.25, 0.3) is 10.9 Å². The number of hydrogen-bond acceptors (Lipinski definition) is 7. The molecular formula is C18H22N4O5S. The monoisotopic (exact) mass is 406 g/mol. The maximum absolute atomic E-state index is 11.0. The Bertz CT molecular complexity index is 896. The molecule has 2 aromatic rings. The number of esters is 1. The number of nitrogens with zero attached hydrogens (tertiary/aromatic N) is 2. The van der Waals surface area contributed by atoms with Crippen molar-refractivity contribution >= 4 is 39.9 Å². The molecule has 3 rings (SSSR count). The highest BCUT2D eigenvalue weighted by atomic mass is 32.1. The topological polar surface area (TPSA) is 118 Å². The lowest BCUT2D eigenvalue weighted by Gasteiger charge is -2.18. The van der Waals surface area contributed by atoms with E-state index in [0.29, 0.717) is 48.6 Å². The minimum atomic E-state index is -0.200. The number of aromatic nitrogens is 1. The van der Waals surface area contributed by atoms with E-state index in [1.54, 1.807) is 12.1 Å². The molecule has 0 saturated heterocycles. The Morgan fingerprint density at radius 1 is 1.29 bits per heavy atom. The van der Waals surface area contributed by atoms with Crippen LogP contribution in [0.15, 0.2) is 22.4 Å². The van der Waals surface area contributed by atoms with E-state index in [1.165, 1.54) is 7.11 Å². The van der Waals surface area contributed by atoms with Gasteiger partial charge in [0.05, 0.1) is 12.6 Å². The lowest BCUT2D eigenvalue weighted by atomic mass is 10.2. The molecule has 1 aromatic heterocycles. The van der Waals surface area contributed by atoms with E-state index < -0.39 is 0 Å². The predicted octanol–water partition coefficient (Wildman–Crippen LogP) is 3.34. The number of unbranched alkanes of at least 4 members (excludes halogenated alkanes) is 2. The number of fused-ring (bicyclic) bond motifs is 2. The van der Waals surface area contributed by atoms with E-state index in [9.17, 15) is 9.90 Å². The van der Waals surface area contributed by atoms with Gasteiger partial charge in [0.1, 0.15) is 13.2 Å². The summed E-state index contributed by atoms with van der Waals surface area (Å²) in [5.74, 6) is 0.912. The van der Waals surface area contributed by atoms with Gasteiger partial charge in [0.15, 0.2) is 17.2 Å². The molecule has 0 aliphatic carbocycles. The van der Waals surface area contributed by atoms with Gasteiger partial charge in [-0.25, -0.2) is 0 Å². The van der Waals surface area contributed by atoms with Crippen molar-refractivity contribution in [3.63, 3.8) is 0 Å². The summed E-state index contributed by atoms with van der Waals surface area (Å²) in [7, 11) is 1.38. The van der Waals surface area contributed by atoms with Crippen LogP contribution in [-0.2, 0) is 9.53 Å². The predicted molar refractivity (Wildman–Crippen MR) is 107 cm³/mol. The van der Waals surface area contributed by atoms with Crippen LogP contribution in [0.3, 0.4) is 0 Å².